The van der Waals surface area contributed by atoms with E-state index in [-0.39, 0.29) is 18.7 Å². The number of benzene rings is 1. The fraction of sp³-hybridized carbons (Fsp3) is 0.308. The molecule has 0 N–H and O–H groups in total. The predicted molar refractivity (Wildman–Crippen MR) is 73.5 cm³/mol. The van der Waals surface area contributed by atoms with Gasteiger partial charge in [0.1, 0.15) is 0 Å². The molecule has 1 aromatic carbocycles. The van der Waals surface area contributed by atoms with Crippen molar-refractivity contribution in [1.82, 2.24) is 0 Å². The summed E-state index contributed by atoms with van der Waals surface area (Å²) in [6.45, 7) is 5.72. The average Bonchev–Trinajstić information content (AvgIpc) is 2.39. The molecule has 0 aliphatic heterocycles. The smallest absolute Gasteiger partial charge is 0.340 e. The number of rotatable bonds is 7. The van der Waals surface area contributed by atoms with E-state index in [4.69, 9.17) is 4.74 Å². The number of hydrogen-bond donors (Lipinski definition) is 0. The van der Waals surface area contributed by atoms with Crippen LogP contribution in [0.1, 0.15) is 23.7 Å². The minimum Gasteiger partial charge on any atom is -0.755 e. The molecule has 0 fully saturated rings. The van der Waals surface area contributed by atoms with E-state index < -0.39 is 17.2 Å². The van der Waals surface area contributed by atoms with Crippen molar-refractivity contribution in [1.29, 1.82) is 0 Å². The quantitative estimate of drug-likeness (QED) is 0.436. The summed E-state index contributed by atoms with van der Waals surface area (Å²) in [5.41, 5.74) is 0.550. The molecule has 0 amide bonds. The van der Waals surface area contributed by atoms with Crippen LogP contribution in [-0.4, -0.2) is 27.9 Å². The van der Waals surface area contributed by atoms with Crippen molar-refractivity contribution in [3.8, 4) is 0 Å². The zero-order valence-corrected chi connectivity index (χ0v) is 11.5. The Bertz CT molecular complexity index is 475. The van der Waals surface area contributed by atoms with Crippen LogP contribution >= 0.6 is 0 Å². The molecule has 0 aromatic heterocycles. The number of nitrogens with zero attached hydrogens (tertiary/aromatic N) is 1. The summed E-state index contributed by atoms with van der Waals surface area (Å²) in [7, 11) is 0. The summed E-state index contributed by atoms with van der Waals surface area (Å²) in [6, 6.07) is 6.45. The topological polar surface area (TPSA) is 69.7 Å². The van der Waals surface area contributed by atoms with Crippen LogP contribution < -0.4 is 4.31 Å². The lowest BCUT2D eigenvalue weighted by atomic mass is 10.1. The molecule has 0 bridgehead atoms. The van der Waals surface area contributed by atoms with Gasteiger partial charge in [-0.1, -0.05) is 18.2 Å². The fourth-order valence-corrected chi connectivity index (χ4v) is 2.13. The second-order valence-corrected chi connectivity index (χ2v) is 4.51. The Hall–Kier alpha value is -1.66. The Morgan fingerprint density at radius 2 is 2.21 bits per heavy atom. The standard InChI is InChI=1S/C13H17NO4S/c1-3-5-10-14(19(16)17)12-9-7-6-8-11(12)13(15)18-4-2/h3,6-9H,1,4-5,10H2,2H3,(H,16,17)/p-1. The molecule has 5 nitrogen and oxygen atoms in total. The molecule has 0 aliphatic rings. The van der Waals surface area contributed by atoms with E-state index in [2.05, 4.69) is 6.58 Å². The first kappa shape index (κ1) is 15.4. The SMILES string of the molecule is C=CCCN(c1ccccc1C(=O)OCC)S(=O)[O-]. The number of anilines is 1. The van der Waals surface area contributed by atoms with Gasteiger partial charge < -0.3 is 13.6 Å². The molecule has 0 saturated heterocycles. The van der Waals surface area contributed by atoms with Crippen LogP contribution in [0.3, 0.4) is 0 Å². The zero-order valence-electron chi connectivity index (χ0n) is 10.7. The second kappa shape index (κ2) is 7.70. The van der Waals surface area contributed by atoms with Gasteiger partial charge in [0.05, 0.1) is 17.9 Å². The molecule has 0 aliphatic carbocycles. The van der Waals surface area contributed by atoms with Crippen LogP contribution in [0.15, 0.2) is 36.9 Å². The number of esters is 1. The maximum Gasteiger partial charge on any atom is 0.340 e. The van der Waals surface area contributed by atoms with Gasteiger partial charge >= 0.3 is 5.97 Å². The first-order valence-corrected chi connectivity index (χ1v) is 6.89. The summed E-state index contributed by atoms with van der Waals surface area (Å²) in [4.78, 5) is 11.8. The lowest BCUT2D eigenvalue weighted by Gasteiger charge is -2.27. The van der Waals surface area contributed by atoms with Crippen LogP contribution in [0.5, 0.6) is 0 Å². The van der Waals surface area contributed by atoms with Crippen LogP contribution in [0.4, 0.5) is 5.69 Å². The predicted octanol–water partition coefficient (Wildman–Crippen LogP) is 2.04. The van der Waals surface area contributed by atoms with E-state index in [9.17, 15) is 13.6 Å². The molecule has 6 heteroatoms. The summed E-state index contributed by atoms with van der Waals surface area (Å²) < 4.78 is 28.6. The normalized spacial score (nSPS) is 11.7. The van der Waals surface area contributed by atoms with Crippen molar-refractivity contribution in [2.45, 2.75) is 13.3 Å². The largest absolute Gasteiger partial charge is 0.755 e. The molecule has 1 rings (SSSR count). The summed E-state index contributed by atoms with van der Waals surface area (Å²) >= 11 is -2.46. The van der Waals surface area contributed by atoms with E-state index in [1.54, 1.807) is 37.3 Å². The molecule has 0 saturated carbocycles. The van der Waals surface area contributed by atoms with Crippen molar-refractivity contribution in [3.05, 3.63) is 42.5 Å². The van der Waals surface area contributed by atoms with E-state index in [1.807, 2.05) is 0 Å². The lowest BCUT2D eigenvalue weighted by molar-refractivity contribution is 0.0527. The van der Waals surface area contributed by atoms with Crippen molar-refractivity contribution in [2.24, 2.45) is 0 Å². The molecule has 1 aromatic rings. The number of carbonyl (C=O) groups is 1. The molecular weight excluding hydrogens is 266 g/mol. The highest BCUT2D eigenvalue weighted by molar-refractivity contribution is 7.80. The minimum absolute atomic E-state index is 0.232. The maximum atomic E-state index is 11.8. The number of ether oxygens (including phenoxy) is 1. The third kappa shape index (κ3) is 4.18. The molecule has 0 spiro atoms. The first-order chi connectivity index (χ1) is 9.11. The summed E-state index contributed by atoms with van der Waals surface area (Å²) in [5.74, 6) is -0.535. The van der Waals surface area contributed by atoms with Crippen molar-refractivity contribution < 1.29 is 18.3 Å². The van der Waals surface area contributed by atoms with Gasteiger partial charge in [0, 0.05) is 17.8 Å². The zero-order chi connectivity index (χ0) is 14.3. The highest BCUT2D eigenvalue weighted by Gasteiger charge is 2.17. The number of carbonyl (C=O) groups excluding carboxylic acids is 1. The summed E-state index contributed by atoms with van der Waals surface area (Å²) in [6.07, 6.45) is 2.11. The Balaban J connectivity index is 3.11. The van der Waals surface area contributed by atoms with E-state index in [1.165, 1.54) is 0 Å². The molecule has 19 heavy (non-hydrogen) atoms. The number of hydrogen-bond acceptors (Lipinski definition) is 4. The molecule has 0 radical (unpaired) electrons. The Kier molecular flexibility index (Phi) is 6.24. The summed E-state index contributed by atoms with van der Waals surface area (Å²) in [5, 5.41) is 0. The number of para-hydroxylation sites is 1. The van der Waals surface area contributed by atoms with Gasteiger partial charge in [-0.25, -0.2) is 4.79 Å². The van der Waals surface area contributed by atoms with Gasteiger partial charge in [0.15, 0.2) is 0 Å². The fourth-order valence-electron chi connectivity index (χ4n) is 1.56. The Labute approximate surface area is 115 Å². The van der Waals surface area contributed by atoms with Gasteiger partial charge in [-0.15, -0.1) is 6.58 Å². The maximum absolute atomic E-state index is 11.8. The molecule has 1 unspecified atom stereocenters. The van der Waals surface area contributed by atoms with Crippen LogP contribution in [0, 0.1) is 0 Å². The highest BCUT2D eigenvalue weighted by Crippen LogP contribution is 2.22. The molecule has 104 valence electrons. The Morgan fingerprint density at radius 1 is 1.53 bits per heavy atom. The van der Waals surface area contributed by atoms with E-state index in [0.29, 0.717) is 12.1 Å². The van der Waals surface area contributed by atoms with Crippen LogP contribution in [0.2, 0.25) is 0 Å². The van der Waals surface area contributed by atoms with Gasteiger partial charge in [0.25, 0.3) is 0 Å². The lowest BCUT2D eigenvalue weighted by Crippen LogP contribution is -2.28. The monoisotopic (exact) mass is 282 g/mol. The van der Waals surface area contributed by atoms with Crippen molar-refractivity contribution in [2.75, 3.05) is 17.5 Å². The first-order valence-electron chi connectivity index (χ1n) is 5.85. The third-order valence-corrected chi connectivity index (χ3v) is 3.12. The van der Waals surface area contributed by atoms with Gasteiger partial charge in [0.2, 0.25) is 0 Å². The second-order valence-electron chi connectivity index (χ2n) is 3.63. The van der Waals surface area contributed by atoms with Crippen LogP contribution in [-0.2, 0) is 16.0 Å². The van der Waals surface area contributed by atoms with Crippen LogP contribution in [0.25, 0.3) is 0 Å². The molecular formula is C13H16NO4S-. The van der Waals surface area contributed by atoms with Gasteiger partial charge in [-0.05, 0) is 25.5 Å². The van der Waals surface area contributed by atoms with Crippen molar-refractivity contribution in [3.63, 3.8) is 0 Å². The molecule has 0 heterocycles. The minimum atomic E-state index is -2.46. The third-order valence-electron chi connectivity index (χ3n) is 2.38. The Morgan fingerprint density at radius 3 is 2.79 bits per heavy atom. The van der Waals surface area contributed by atoms with Gasteiger partial charge in [-0.2, -0.15) is 0 Å². The highest BCUT2D eigenvalue weighted by atomic mass is 32.2. The van der Waals surface area contributed by atoms with Crippen molar-refractivity contribution >= 4 is 22.9 Å². The van der Waals surface area contributed by atoms with E-state index >= 15 is 0 Å². The molecule has 1 atom stereocenters. The van der Waals surface area contributed by atoms with Gasteiger partial charge in [-0.3, -0.25) is 4.21 Å². The average molecular weight is 282 g/mol. The van der Waals surface area contributed by atoms with E-state index in [0.717, 1.165) is 4.31 Å².